The van der Waals surface area contributed by atoms with E-state index in [0.29, 0.717) is 0 Å². The fourth-order valence-corrected chi connectivity index (χ4v) is 7.64. The first-order valence-corrected chi connectivity index (χ1v) is 15.3. The Bertz CT molecular complexity index is 1930. The second-order valence-electron chi connectivity index (χ2n) is 13.3. The number of hydrogen-bond acceptors (Lipinski definition) is 3. The molecule has 1 spiro atoms. The van der Waals surface area contributed by atoms with E-state index in [-0.39, 0.29) is 0 Å². The van der Waals surface area contributed by atoms with Crippen molar-refractivity contribution in [2.45, 2.75) is 72.0 Å². The Balaban J connectivity index is 1.59. The van der Waals surface area contributed by atoms with Crippen molar-refractivity contribution in [3.63, 3.8) is 0 Å². The van der Waals surface area contributed by atoms with Crippen molar-refractivity contribution in [2.24, 2.45) is 0 Å². The van der Waals surface area contributed by atoms with E-state index in [1.54, 1.807) is 0 Å². The number of benzene rings is 3. The quantitative estimate of drug-likeness (QED) is 0.182. The molecule has 1 saturated heterocycles. The largest absolute Gasteiger partial charge is 0.495 e. The van der Waals surface area contributed by atoms with Crippen LogP contribution in [0.4, 0.5) is 0 Å². The minimum absolute atomic E-state index is 0.462. The molecule has 2 heterocycles. The topological polar surface area (TPSA) is 31.6 Å². The lowest BCUT2D eigenvalue weighted by atomic mass is 9.68. The second kappa shape index (κ2) is 9.32. The molecule has 0 amide bonds. The van der Waals surface area contributed by atoms with Crippen molar-refractivity contribution < 1.29 is 13.7 Å². The highest BCUT2D eigenvalue weighted by Crippen LogP contribution is 2.64. The fraction of sp³-hybridized carbons (Fsp3) is 0.282. The van der Waals surface area contributed by atoms with E-state index in [2.05, 4.69) is 134 Å². The van der Waals surface area contributed by atoms with Gasteiger partial charge in [-0.2, -0.15) is 0 Å². The van der Waals surface area contributed by atoms with Gasteiger partial charge in [-0.1, -0.05) is 85.0 Å². The van der Waals surface area contributed by atoms with E-state index in [1.807, 2.05) is 6.92 Å². The molecule has 1 fully saturated rings. The van der Waals surface area contributed by atoms with Gasteiger partial charge in [0.2, 0.25) is 0 Å². The summed E-state index contributed by atoms with van der Waals surface area (Å²) in [5.41, 5.74) is 12.7. The maximum absolute atomic E-state index is 6.71. The van der Waals surface area contributed by atoms with Crippen LogP contribution in [0.1, 0.15) is 82.0 Å². The molecule has 1 aromatic heterocycles. The average Bonchev–Trinajstić information content (AvgIpc) is 3.59. The molecule has 4 aromatic rings. The van der Waals surface area contributed by atoms with Crippen molar-refractivity contribution >= 4 is 29.7 Å². The van der Waals surface area contributed by atoms with E-state index >= 15 is 0 Å². The number of furan rings is 1. The molecule has 3 aliphatic rings. The van der Waals surface area contributed by atoms with Crippen LogP contribution in [0.15, 0.2) is 100 Å². The molecule has 4 heteroatoms. The van der Waals surface area contributed by atoms with Crippen LogP contribution in [-0.2, 0) is 14.7 Å². The summed E-state index contributed by atoms with van der Waals surface area (Å²) in [4.78, 5) is 0. The minimum Gasteiger partial charge on any atom is -0.461 e. The summed E-state index contributed by atoms with van der Waals surface area (Å²) in [6, 6.07) is 22.2. The molecular weight excluding hydrogens is 527 g/mol. The standard InChI is InChI=1S/C39H39BO3/c1-10-15-26-25(5)41-33-21-20-31-35(36(26)33)28-17-12-14-19-30(28)39(31)24(4)34(27-16-11-13-18-29(27)39)32(22-23(2)3)40-42-37(6,7)38(8,9)43-40/h10-22H,2H2,1,3-9H3/b15-10-,32-22+. The van der Waals surface area contributed by atoms with Gasteiger partial charge in [-0.3, -0.25) is 0 Å². The van der Waals surface area contributed by atoms with Crippen molar-refractivity contribution in [2.75, 3.05) is 0 Å². The number of aryl methyl sites for hydroxylation is 1. The first-order valence-electron chi connectivity index (χ1n) is 15.3. The summed E-state index contributed by atoms with van der Waals surface area (Å²) in [6.07, 6.45) is 6.43. The van der Waals surface area contributed by atoms with Crippen LogP contribution in [0.5, 0.6) is 0 Å². The van der Waals surface area contributed by atoms with Crippen LogP contribution in [-0.4, -0.2) is 18.3 Å². The van der Waals surface area contributed by atoms with Crippen LogP contribution >= 0.6 is 0 Å². The third-order valence-corrected chi connectivity index (χ3v) is 10.2. The lowest BCUT2D eigenvalue weighted by Gasteiger charge is -2.32. The monoisotopic (exact) mass is 566 g/mol. The average molecular weight is 567 g/mol. The van der Waals surface area contributed by atoms with Gasteiger partial charge in [-0.05, 0) is 111 Å². The lowest BCUT2D eigenvalue weighted by Crippen LogP contribution is -2.41. The molecule has 1 atom stereocenters. The predicted octanol–water partition coefficient (Wildman–Crippen LogP) is 10.0. The van der Waals surface area contributed by atoms with Crippen LogP contribution < -0.4 is 0 Å². The van der Waals surface area contributed by atoms with Crippen LogP contribution in [0.25, 0.3) is 33.7 Å². The van der Waals surface area contributed by atoms with Crippen molar-refractivity contribution in [3.8, 4) is 11.1 Å². The maximum Gasteiger partial charge on any atom is 0.495 e. The molecular formula is C39H39BO3. The highest BCUT2D eigenvalue weighted by molar-refractivity contribution is 6.59. The maximum atomic E-state index is 6.71. The number of hydrogen-bond donors (Lipinski definition) is 0. The molecule has 0 radical (unpaired) electrons. The summed E-state index contributed by atoms with van der Waals surface area (Å²) in [6.45, 7) is 21.2. The van der Waals surface area contributed by atoms with Gasteiger partial charge >= 0.3 is 7.12 Å². The van der Waals surface area contributed by atoms with E-state index < -0.39 is 23.7 Å². The summed E-state index contributed by atoms with van der Waals surface area (Å²) in [7, 11) is -0.522. The Kier molecular flexibility index (Phi) is 6.06. The smallest absolute Gasteiger partial charge is 0.461 e. The summed E-state index contributed by atoms with van der Waals surface area (Å²) < 4.78 is 19.8. The molecule has 7 rings (SSSR count). The zero-order chi connectivity index (χ0) is 30.5. The first kappa shape index (κ1) is 27.9. The zero-order valence-corrected chi connectivity index (χ0v) is 26.5. The molecule has 0 N–H and O–H groups in total. The van der Waals surface area contributed by atoms with Crippen molar-refractivity contribution in [1.29, 1.82) is 0 Å². The van der Waals surface area contributed by atoms with Gasteiger partial charge in [0, 0.05) is 10.9 Å². The Hall–Kier alpha value is -3.86. The van der Waals surface area contributed by atoms with Gasteiger partial charge < -0.3 is 13.7 Å². The van der Waals surface area contributed by atoms with Gasteiger partial charge in [0.25, 0.3) is 0 Å². The highest BCUT2D eigenvalue weighted by Gasteiger charge is 2.57. The molecule has 1 aliphatic heterocycles. The molecule has 3 aromatic carbocycles. The van der Waals surface area contributed by atoms with Crippen LogP contribution in [0.3, 0.4) is 0 Å². The summed E-state index contributed by atoms with van der Waals surface area (Å²) in [5.74, 6) is 0.937. The Morgan fingerprint density at radius 2 is 1.42 bits per heavy atom. The number of rotatable bonds is 4. The van der Waals surface area contributed by atoms with E-state index in [0.717, 1.165) is 28.0 Å². The third kappa shape index (κ3) is 3.63. The van der Waals surface area contributed by atoms with Gasteiger partial charge in [-0.15, -0.1) is 0 Å². The summed E-state index contributed by atoms with van der Waals surface area (Å²) in [5, 5.41) is 1.18. The SMILES string of the molecule is C=C(C)/C=C(/B1OC(C)(C)C(C)(C)O1)C1=C(C)C2(c3ccccc31)c1ccccc1-c1c2ccc2oc(C)c(/C=C\C)c12. The number of allylic oxidation sites excluding steroid dienone is 6. The normalized spacial score (nSPS) is 21.8. The Morgan fingerprint density at radius 1 is 0.814 bits per heavy atom. The molecule has 43 heavy (non-hydrogen) atoms. The molecule has 0 bridgehead atoms. The molecule has 2 aliphatic carbocycles. The molecule has 3 nitrogen and oxygen atoms in total. The van der Waals surface area contributed by atoms with Crippen LogP contribution in [0, 0.1) is 6.92 Å². The van der Waals surface area contributed by atoms with E-state index in [4.69, 9.17) is 13.7 Å². The van der Waals surface area contributed by atoms with Gasteiger partial charge in [0.05, 0.1) is 16.6 Å². The first-order chi connectivity index (χ1) is 20.4. The van der Waals surface area contributed by atoms with Gasteiger partial charge in [0.1, 0.15) is 11.3 Å². The van der Waals surface area contributed by atoms with E-state index in [9.17, 15) is 0 Å². The Morgan fingerprint density at radius 3 is 2.05 bits per heavy atom. The van der Waals surface area contributed by atoms with Crippen molar-refractivity contribution in [1.82, 2.24) is 0 Å². The van der Waals surface area contributed by atoms with Crippen LogP contribution in [0.2, 0.25) is 0 Å². The number of fused-ring (bicyclic) bond motifs is 9. The minimum atomic E-state index is -0.522. The van der Waals surface area contributed by atoms with Crippen molar-refractivity contribution in [3.05, 3.63) is 130 Å². The Labute approximate surface area is 255 Å². The lowest BCUT2D eigenvalue weighted by molar-refractivity contribution is 0.00578. The zero-order valence-electron chi connectivity index (χ0n) is 26.5. The van der Waals surface area contributed by atoms with E-state index in [1.165, 1.54) is 49.9 Å². The predicted molar refractivity (Wildman–Crippen MR) is 179 cm³/mol. The second-order valence-corrected chi connectivity index (χ2v) is 13.3. The summed E-state index contributed by atoms with van der Waals surface area (Å²) >= 11 is 0. The molecule has 1 unspecified atom stereocenters. The molecule has 0 saturated carbocycles. The molecule has 216 valence electrons. The van der Waals surface area contributed by atoms with Gasteiger partial charge in [-0.25, -0.2) is 0 Å². The highest BCUT2D eigenvalue weighted by atomic mass is 16.7. The fourth-order valence-electron chi connectivity index (χ4n) is 7.64. The third-order valence-electron chi connectivity index (χ3n) is 10.2. The van der Waals surface area contributed by atoms with Gasteiger partial charge in [0.15, 0.2) is 0 Å².